The van der Waals surface area contributed by atoms with Crippen LogP contribution in [0.25, 0.3) is 0 Å². The number of rotatable bonds is 19. The van der Waals surface area contributed by atoms with E-state index in [1.165, 1.54) is 96.8 Å². The molecule has 0 N–H and O–H groups in total. The van der Waals surface area contributed by atoms with Gasteiger partial charge in [0, 0.05) is 6.61 Å². The molecule has 3 nitrogen and oxygen atoms in total. The molecule has 0 aromatic rings. The molecule has 1 atom stereocenters. The van der Waals surface area contributed by atoms with Crippen molar-refractivity contribution in [2.45, 2.75) is 123 Å². The second-order valence-corrected chi connectivity index (χ2v) is 7.14. The molecule has 0 aromatic carbocycles. The van der Waals surface area contributed by atoms with E-state index in [-0.39, 0.29) is 29.6 Å². The third-order valence-electron chi connectivity index (χ3n) is 4.70. The zero-order chi connectivity index (χ0) is 17.9. The number of aliphatic carboxylic acids is 1. The number of unbranched alkanes of at least 4 members (excludes halogenated alkanes) is 15. The molecule has 0 saturated carbocycles. The molecule has 0 amide bonds. The van der Waals surface area contributed by atoms with Crippen molar-refractivity contribution in [2.75, 3.05) is 6.61 Å². The molecule has 0 rings (SSSR count). The van der Waals surface area contributed by atoms with Gasteiger partial charge in [0.05, 0.1) is 12.1 Å². The van der Waals surface area contributed by atoms with Gasteiger partial charge in [0.25, 0.3) is 0 Å². The van der Waals surface area contributed by atoms with Crippen molar-refractivity contribution in [3.8, 4) is 0 Å². The van der Waals surface area contributed by atoms with Crippen molar-refractivity contribution < 1.29 is 44.2 Å². The molecule has 1 unspecified atom stereocenters. The Hall–Kier alpha value is 0.430. The molecule has 4 heteroatoms. The summed E-state index contributed by atoms with van der Waals surface area (Å²) in [6.07, 6.45) is 20.7. The van der Waals surface area contributed by atoms with Crippen LogP contribution in [0, 0.1) is 0 Å². The molecule has 0 fully saturated rings. The first kappa shape index (κ1) is 27.6. The maximum Gasteiger partial charge on any atom is 1.00 e. The second kappa shape index (κ2) is 22.5. The Morgan fingerprint density at radius 3 is 1.36 bits per heavy atom. The largest absolute Gasteiger partial charge is 1.00 e. The molecule has 0 aliphatic heterocycles. The number of ether oxygens (including phenoxy) is 1. The van der Waals surface area contributed by atoms with Crippen LogP contribution in [0.4, 0.5) is 0 Å². The average molecular weight is 365 g/mol. The molecule has 0 heterocycles. The van der Waals surface area contributed by atoms with E-state index in [1.54, 1.807) is 0 Å². The summed E-state index contributed by atoms with van der Waals surface area (Å²) < 4.78 is 5.16. The molecule has 0 saturated heterocycles. The molecule has 25 heavy (non-hydrogen) atoms. The van der Waals surface area contributed by atoms with Gasteiger partial charge < -0.3 is 14.6 Å². The Labute approximate surface area is 179 Å². The smallest absolute Gasteiger partial charge is 0.547 e. The number of carbonyl (C=O) groups excluding carboxylic acids is 1. The van der Waals surface area contributed by atoms with Gasteiger partial charge in [-0.05, 0) is 13.3 Å². The van der Waals surface area contributed by atoms with Gasteiger partial charge in [-0.15, -0.1) is 0 Å². The van der Waals surface area contributed by atoms with Crippen LogP contribution < -0.4 is 34.7 Å². The maximum atomic E-state index is 10.5. The molecule has 0 radical (unpaired) electrons. The van der Waals surface area contributed by atoms with Crippen LogP contribution >= 0.6 is 0 Å². The first-order valence-electron chi connectivity index (χ1n) is 10.5. The Balaban J connectivity index is 0. The van der Waals surface area contributed by atoms with E-state index in [2.05, 4.69) is 6.92 Å². The van der Waals surface area contributed by atoms with Crippen molar-refractivity contribution in [3.63, 3.8) is 0 Å². The van der Waals surface area contributed by atoms with Gasteiger partial charge in [0.2, 0.25) is 0 Å². The van der Waals surface area contributed by atoms with Crippen LogP contribution in [-0.2, 0) is 9.53 Å². The minimum absolute atomic E-state index is 0. The number of carbonyl (C=O) groups is 1. The van der Waals surface area contributed by atoms with Gasteiger partial charge in [-0.1, -0.05) is 103 Å². The molecule has 0 aromatic heterocycles. The van der Waals surface area contributed by atoms with Gasteiger partial charge in [0.1, 0.15) is 0 Å². The molecule has 144 valence electrons. The molecule has 0 aliphatic rings. The monoisotopic (exact) mass is 364 g/mol. The Kier molecular flexibility index (Phi) is 24.9. The quantitative estimate of drug-likeness (QED) is 0.261. The fraction of sp³-hybridized carbons (Fsp3) is 0.952. The topological polar surface area (TPSA) is 49.4 Å². The minimum Gasteiger partial charge on any atom is -0.547 e. The summed E-state index contributed by atoms with van der Waals surface area (Å²) in [5, 5.41) is 10.5. The standard InChI is InChI=1S/C21H42O3.Na/c1-3-4-5-6-7-8-9-10-11-12-13-14-15-16-17-18-19-24-20(2)21(22)23;/h20H,3-19H2,1-2H3,(H,22,23);/q;+1/p-1. The first-order valence-corrected chi connectivity index (χ1v) is 10.5. The van der Waals surface area contributed by atoms with Crippen molar-refractivity contribution >= 4 is 5.97 Å². The van der Waals surface area contributed by atoms with Gasteiger partial charge in [-0.3, -0.25) is 0 Å². The van der Waals surface area contributed by atoms with Crippen molar-refractivity contribution in [2.24, 2.45) is 0 Å². The number of carboxylic acids is 1. The van der Waals surface area contributed by atoms with Gasteiger partial charge in [-0.2, -0.15) is 0 Å². The second-order valence-electron chi connectivity index (χ2n) is 7.14. The summed E-state index contributed by atoms with van der Waals surface area (Å²) in [5.74, 6) is -1.12. The van der Waals surface area contributed by atoms with Crippen molar-refractivity contribution in [1.29, 1.82) is 0 Å². The molecular formula is C21H41NaO3. The third kappa shape index (κ3) is 22.4. The van der Waals surface area contributed by atoms with Gasteiger partial charge >= 0.3 is 29.6 Å². The molecule has 0 spiro atoms. The van der Waals surface area contributed by atoms with Crippen LogP contribution in [0.15, 0.2) is 0 Å². The number of carboxylic acid groups (broad SMARTS) is 1. The predicted molar refractivity (Wildman–Crippen MR) is 100.0 cm³/mol. The van der Waals surface area contributed by atoms with Crippen LogP contribution in [0.3, 0.4) is 0 Å². The van der Waals surface area contributed by atoms with E-state index >= 15 is 0 Å². The van der Waals surface area contributed by atoms with Crippen LogP contribution in [-0.4, -0.2) is 18.7 Å². The van der Waals surface area contributed by atoms with Crippen LogP contribution in [0.2, 0.25) is 0 Å². The first-order chi connectivity index (χ1) is 11.7. The number of hydrogen-bond donors (Lipinski definition) is 0. The maximum absolute atomic E-state index is 10.5. The summed E-state index contributed by atoms with van der Waals surface area (Å²) in [6, 6.07) is 0. The summed E-state index contributed by atoms with van der Waals surface area (Å²) in [4.78, 5) is 10.5. The van der Waals surface area contributed by atoms with Crippen molar-refractivity contribution in [3.05, 3.63) is 0 Å². The zero-order valence-corrected chi connectivity index (χ0v) is 19.3. The summed E-state index contributed by atoms with van der Waals surface area (Å²) >= 11 is 0. The Morgan fingerprint density at radius 2 is 1.04 bits per heavy atom. The van der Waals surface area contributed by atoms with Crippen molar-refractivity contribution in [1.82, 2.24) is 0 Å². The number of hydrogen-bond acceptors (Lipinski definition) is 3. The predicted octanol–water partition coefficient (Wildman–Crippen LogP) is 2.41. The summed E-state index contributed by atoms with van der Waals surface area (Å²) in [7, 11) is 0. The van der Waals surface area contributed by atoms with E-state index < -0.39 is 12.1 Å². The van der Waals surface area contributed by atoms with Crippen LogP contribution in [0.5, 0.6) is 0 Å². The zero-order valence-electron chi connectivity index (χ0n) is 17.3. The molecule has 0 bridgehead atoms. The summed E-state index contributed by atoms with van der Waals surface area (Å²) in [6.45, 7) is 4.34. The van der Waals surface area contributed by atoms with Crippen LogP contribution in [0.1, 0.15) is 117 Å². The van der Waals surface area contributed by atoms with E-state index in [0.717, 1.165) is 12.8 Å². The normalized spacial score (nSPS) is 11.9. The Morgan fingerprint density at radius 1 is 0.720 bits per heavy atom. The fourth-order valence-electron chi connectivity index (χ4n) is 2.98. The fourth-order valence-corrected chi connectivity index (χ4v) is 2.98. The molecular weight excluding hydrogens is 323 g/mol. The van der Waals surface area contributed by atoms with E-state index in [9.17, 15) is 9.90 Å². The van der Waals surface area contributed by atoms with Gasteiger partial charge in [-0.25, -0.2) is 0 Å². The average Bonchev–Trinajstić information content (AvgIpc) is 2.57. The van der Waals surface area contributed by atoms with Gasteiger partial charge in [0.15, 0.2) is 0 Å². The molecule has 0 aliphatic carbocycles. The Bertz CT molecular complexity index is 272. The van der Waals surface area contributed by atoms with E-state index in [4.69, 9.17) is 4.74 Å². The minimum atomic E-state index is -1.12. The summed E-state index contributed by atoms with van der Waals surface area (Å²) in [5.41, 5.74) is 0. The van der Waals surface area contributed by atoms with E-state index in [1.807, 2.05) is 0 Å². The third-order valence-corrected chi connectivity index (χ3v) is 4.70. The SMILES string of the molecule is CCCCCCCCCCCCCCCCCCOC(C)C(=O)[O-].[Na+]. The van der Waals surface area contributed by atoms with E-state index in [0.29, 0.717) is 6.61 Å².